The maximum atomic E-state index is 5.92. The van der Waals surface area contributed by atoms with Crippen molar-refractivity contribution in [3.63, 3.8) is 0 Å². The molecule has 0 amide bonds. The van der Waals surface area contributed by atoms with Crippen molar-refractivity contribution in [3.8, 4) is 5.88 Å². The molecule has 1 aliphatic carbocycles. The van der Waals surface area contributed by atoms with Crippen LogP contribution in [-0.2, 0) is 6.54 Å². The van der Waals surface area contributed by atoms with E-state index in [1.807, 2.05) is 0 Å². The van der Waals surface area contributed by atoms with Gasteiger partial charge in [-0.15, -0.1) is 0 Å². The first-order chi connectivity index (χ1) is 8.11. The van der Waals surface area contributed by atoms with Crippen molar-refractivity contribution in [2.75, 3.05) is 0 Å². The number of hydrogen-bond donors (Lipinski definition) is 1. The number of hydrogen-bond acceptors (Lipinski definition) is 4. The van der Waals surface area contributed by atoms with Gasteiger partial charge in [-0.25, -0.2) is 4.98 Å². The number of aromatic nitrogens is 2. The van der Waals surface area contributed by atoms with E-state index in [4.69, 9.17) is 10.5 Å². The Morgan fingerprint density at radius 1 is 1.29 bits per heavy atom. The molecule has 4 nitrogen and oxygen atoms in total. The first-order valence-corrected chi connectivity index (χ1v) is 6.27. The molecule has 0 saturated heterocycles. The van der Waals surface area contributed by atoms with Gasteiger partial charge in [-0.2, -0.15) is 0 Å². The van der Waals surface area contributed by atoms with Crippen molar-refractivity contribution in [3.05, 3.63) is 18.1 Å². The minimum absolute atomic E-state index is 0.269. The van der Waals surface area contributed by atoms with Crippen LogP contribution in [0.2, 0.25) is 0 Å². The molecule has 0 spiro atoms. The summed E-state index contributed by atoms with van der Waals surface area (Å²) in [6.45, 7) is 5.01. The molecule has 0 aliphatic heterocycles. The smallest absolute Gasteiger partial charge is 0.237 e. The summed E-state index contributed by atoms with van der Waals surface area (Å²) in [6.07, 6.45) is 8.16. The molecular weight excluding hydrogens is 214 g/mol. The fourth-order valence-corrected chi connectivity index (χ4v) is 2.24. The van der Waals surface area contributed by atoms with E-state index in [1.54, 1.807) is 12.4 Å². The van der Waals surface area contributed by atoms with Crippen LogP contribution in [0.1, 0.15) is 45.2 Å². The van der Waals surface area contributed by atoms with Gasteiger partial charge in [-0.1, -0.05) is 13.8 Å². The Hall–Kier alpha value is -1.16. The first-order valence-electron chi connectivity index (χ1n) is 6.27. The fourth-order valence-electron chi connectivity index (χ4n) is 2.24. The van der Waals surface area contributed by atoms with Crippen LogP contribution in [0.15, 0.2) is 12.4 Å². The number of rotatable bonds is 3. The van der Waals surface area contributed by atoms with Gasteiger partial charge in [0.05, 0.1) is 0 Å². The summed E-state index contributed by atoms with van der Waals surface area (Å²) in [4.78, 5) is 8.39. The number of ether oxygens (including phenoxy) is 1. The Morgan fingerprint density at radius 2 is 1.94 bits per heavy atom. The largest absolute Gasteiger partial charge is 0.473 e. The minimum atomic E-state index is 0.269. The SMILES string of the molecule is CC1(C)CCC(Oc2nccnc2CN)CC1. The molecule has 1 saturated carbocycles. The molecule has 0 atom stereocenters. The normalized spacial score (nSPS) is 20.2. The second-order valence-electron chi connectivity index (χ2n) is 5.49. The Balaban J connectivity index is 1.98. The van der Waals surface area contributed by atoms with Gasteiger partial charge in [0.2, 0.25) is 5.88 Å². The van der Waals surface area contributed by atoms with E-state index >= 15 is 0 Å². The van der Waals surface area contributed by atoms with Crippen molar-refractivity contribution in [2.24, 2.45) is 11.1 Å². The molecule has 2 N–H and O–H groups in total. The van der Waals surface area contributed by atoms with Gasteiger partial charge in [0.25, 0.3) is 0 Å². The van der Waals surface area contributed by atoms with E-state index in [0.717, 1.165) is 18.5 Å². The maximum Gasteiger partial charge on any atom is 0.237 e. The third kappa shape index (κ3) is 3.16. The Bertz CT molecular complexity index is 369. The average Bonchev–Trinajstić information content (AvgIpc) is 2.32. The van der Waals surface area contributed by atoms with Crippen LogP contribution in [0.25, 0.3) is 0 Å². The van der Waals surface area contributed by atoms with Gasteiger partial charge in [0.15, 0.2) is 0 Å². The monoisotopic (exact) mass is 235 g/mol. The Kier molecular flexibility index (Phi) is 3.62. The molecule has 0 bridgehead atoms. The summed E-state index contributed by atoms with van der Waals surface area (Å²) < 4.78 is 5.92. The van der Waals surface area contributed by atoms with Crippen molar-refractivity contribution in [2.45, 2.75) is 52.2 Å². The summed E-state index contributed by atoms with van der Waals surface area (Å²) in [6, 6.07) is 0. The summed E-state index contributed by atoms with van der Waals surface area (Å²) in [7, 11) is 0. The van der Waals surface area contributed by atoms with Crippen molar-refractivity contribution >= 4 is 0 Å². The van der Waals surface area contributed by atoms with E-state index < -0.39 is 0 Å². The molecule has 0 radical (unpaired) electrons. The first kappa shape index (κ1) is 12.3. The number of nitrogens with zero attached hydrogens (tertiary/aromatic N) is 2. The van der Waals surface area contributed by atoms with Gasteiger partial charge in [0, 0.05) is 18.9 Å². The van der Waals surface area contributed by atoms with Crippen molar-refractivity contribution in [1.82, 2.24) is 9.97 Å². The highest BCUT2D eigenvalue weighted by atomic mass is 16.5. The zero-order valence-corrected chi connectivity index (χ0v) is 10.6. The van der Waals surface area contributed by atoms with Crippen LogP contribution in [0, 0.1) is 5.41 Å². The van der Waals surface area contributed by atoms with E-state index in [-0.39, 0.29) is 6.10 Å². The fraction of sp³-hybridized carbons (Fsp3) is 0.692. The van der Waals surface area contributed by atoms with Crippen LogP contribution in [0.5, 0.6) is 5.88 Å². The number of nitrogens with two attached hydrogens (primary N) is 1. The van der Waals surface area contributed by atoms with E-state index in [1.165, 1.54) is 12.8 Å². The summed E-state index contributed by atoms with van der Waals surface area (Å²) in [5.74, 6) is 0.611. The average molecular weight is 235 g/mol. The third-order valence-corrected chi connectivity index (χ3v) is 3.49. The molecule has 4 heteroatoms. The van der Waals surface area contributed by atoms with Gasteiger partial charge >= 0.3 is 0 Å². The summed E-state index contributed by atoms with van der Waals surface area (Å²) in [5.41, 5.74) is 6.82. The molecule has 1 aromatic rings. The Morgan fingerprint density at radius 3 is 2.59 bits per heavy atom. The highest BCUT2D eigenvalue weighted by Gasteiger charge is 2.28. The topological polar surface area (TPSA) is 61.0 Å². The van der Waals surface area contributed by atoms with E-state index in [2.05, 4.69) is 23.8 Å². The van der Waals surface area contributed by atoms with Crippen LogP contribution in [-0.4, -0.2) is 16.1 Å². The summed E-state index contributed by atoms with van der Waals surface area (Å²) >= 11 is 0. The second kappa shape index (κ2) is 5.00. The molecule has 1 heterocycles. The molecule has 94 valence electrons. The lowest BCUT2D eigenvalue weighted by Gasteiger charge is -2.34. The zero-order chi connectivity index (χ0) is 12.3. The predicted molar refractivity (Wildman–Crippen MR) is 66.6 cm³/mol. The third-order valence-electron chi connectivity index (χ3n) is 3.49. The summed E-state index contributed by atoms with van der Waals surface area (Å²) in [5, 5.41) is 0. The lowest BCUT2D eigenvalue weighted by atomic mass is 9.76. The molecule has 2 rings (SSSR count). The van der Waals surface area contributed by atoms with Crippen LogP contribution >= 0.6 is 0 Å². The maximum absolute atomic E-state index is 5.92. The van der Waals surface area contributed by atoms with Gasteiger partial charge < -0.3 is 10.5 Å². The van der Waals surface area contributed by atoms with Gasteiger partial charge in [-0.3, -0.25) is 4.98 Å². The van der Waals surface area contributed by atoms with Crippen molar-refractivity contribution < 1.29 is 4.74 Å². The predicted octanol–water partition coefficient (Wildman–Crippen LogP) is 2.28. The van der Waals surface area contributed by atoms with E-state index in [9.17, 15) is 0 Å². The standard InChI is InChI=1S/C13H21N3O/c1-13(2)5-3-10(4-6-13)17-12-11(9-14)15-7-8-16-12/h7-8,10H,3-6,9,14H2,1-2H3. The van der Waals surface area contributed by atoms with Crippen LogP contribution < -0.4 is 10.5 Å². The molecule has 0 aromatic carbocycles. The van der Waals surface area contributed by atoms with E-state index in [0.29, 0.717) is 17.8 Å². The molecular formula is C13H21N3O. The molecule has 1 fully saturated rings. The highest BCUT2D eigenvalue weighted by Crippen LogP contribution is 2.36. The van der Waals surface area contributed by atoms with Crippen molar-refractivity contribution in [1.29, 1.82) is 0 Å². The van der Waals surface area contributed by atoms with Gasteiger partial charge in [0.1, 0.15) is 11.8 Å². The lowest BCUT2D eigenvalue weighted by Crippen LogP contribution is -2.29. The molecule has 1 aromatic heterocycles. The van der Waals surface area contributed by atoms with Gasteiger partial charge in [-0.05, 0) is 31.1 Å². The van der Waals surface area contributed by atoms with Crippen LogP contribution in [0.3, 0.4) is 0 Å². The highest BCUT2D eigenvalue weighted by molar-refractivity contribution is 5.17. The minimum Gasteiger partial charge on any atom is -0.473 e. The molecule has 1 aliphatic rings. The lowest BCUT2D eigenvalue weighted by molar-refractivity contribution is 0.0935. The van der Waals surface area contributed by atoms with Crippen LogP contribution in [0.4, 0.5) is 0 Å². The zero-order valence-electron chi connectivity index (χ0n) is 10.6. The second-order valence-corrected chi connectivity index (χ2v) is 5.49. The molecule has 0 unspecified atom stereocenters. The Labute approximate surface area is 103 Å². The quantitative estimate of drug-likeness (QED) is 0.873. The molecule has 17 heavy (non-hydrogen) atoms.